The Hall–Kier alpha value is -3.10. The molecule has 0 atom stereocenters. The monoisotopic (exact) mass is 449 g/mol. The zero-order chi connectivity index (χ0) is 22.4. The SMILES string of the molecule is N#Cc1cccnc1N1CCCN(CC(=O)Nc2ccccc2S(=O)(=O)C(F)F)CC1. The highest BCUT2D eigenvalue weighted by Crippen LogP contribution is 2.26. The summed E-state index contributed by atoms with van der Waals surface area (Å²) in [4.78, 5) is 20.0. The summed E-state index contributed by atoms with van der Waals surface area (Å²) in [7, 11) is -4.84. The van der Waals surface area contributed by atoms with Gasteiger partial charge in [0.2, 0.25) is 15.7 Å². The quantitative estimate of drug-likeness (QED) is 0.720. The summed E-state index contributed by atoms with van der Waals surface area (Å²) in [5.41, 5.74) is 0.307. The van der Waals surface area contributed by atoms with Crippen molar-refractivity contribution in [1.29, 1.82) is 5.26 Å². The van der Waals surface area contributed by atoms with Gasteiger partial charge in [-0.25, -0.2) is 13.4 Å². The number of halogens is 2. The Balaban J connectivity index is 1.65. The fourth-order valence-corrected chi connectivity index (χ4v) is 4.27. The maximum absolute atomic E-state index is 12.9. The van der Waals surface area contributed by atoms with Crippen LogP contribution in [0.1, 0.15) is 12.0 Å². The summed E-state index contributed by atoms with van der Waals surface area (Å²) in [6, 6.07) is 10.6. The van der Waals surface area contributed by atoms with Crippen molar-refractivity contribution >= 4 is 27.2 Å². The van der Waals surface area contributed by atoms with Crippen LogP contribution in [0.15, 0.2) is 47.5 Å². The van der Waals surface area contributed by atoms with Crippen molar-refractivity contribution in [3.63, 3.8) is 0 Å². The number of hydrogen-bond acceptors (Lipinski definition) is 7. The number of benzene rings is 1. The maximum atomic E-state index is 12.9. The zero-order valence-electron chi connectivity index (χ0n) is 16.5. The standard InChI is InChI=1S/C20H21F2N5O3S/c21-20(22)31(29,30)17-7-2-1-6-16(17)25-18(28)14-26-9-4-10-27(12-11-26)19-15(13-23)5-3-8-24-19/h1-3,5-8,20H,4,9-12,14H2,(H,25,28). The number of para-hydroxylation sites is 1. The Kier molecular flexibility index (Phi) is 7.14. The van der Waals surface area contributed by atoms with Gasteiger partial charge in [0.1, 0.15) is 11.9 Å². The number of sulfone groups is 1. The highest BCUT2D eigenvalue weighted by Gasteiger charge is 2.29. The molecular weight excluding hydrogens is 428 g/mol. The predicted octanol–water partition coefficient (Wildman–Crippen LogP) is 2.10. The van der Waals surface area contributed by atoms with E-state index in [-0.39, 0.29) is 12.2 Å². The van der Waals surface area contributed by atoms with Crippen LogP contribution in [0.2, 0.25) is 0 Å². The topological polar surface area (TPSA) is 106 Å². The Labute approximate surface area is 179 Å². The molecule has 1 fully saturated rings. The highest BCUT2D eigenvalue weighted by atomic mass is 32.2. The van der Waals surface area contributed by atoms with E-state index < -0.39 is 26.4 Å². The van der Waals surface area contributed by atoms with Crippen LogP contribution < -0.4 is 10.2 Å². The van der Waals surface area contributed by atoms with Crippen molar-refractivity contribution in [3.8, 4) is 6.07 Å². The lowest BCUT2D eigenvalue weighted by atomic mass is 10.2. The lowest BCUT2D eigenvalue weighted by molar-refractivity contribution is -0.117. The van der Waals surface area contributed by atoms with Crippen molar-refractivity contribution in [3.05, 3.63) is 48.2 Å². The van der Waals surface area contributed by atoms with E-state index in [0.717, 1.165) is 12.5 Å². The van der Waals surface area contributed by atoms with E-state index in [1.54, 1.807) is 18.3 Å². The van der Waals surface area contributed by atoms with Crippen LogP contribution in [0.5, 0.6) is 0 Å². The highest BCUT2D eigenvalue weighted by molar-refractivity contribution is 7.91. The van der Waals surface area contributed by atoms with Gasteiger partial charge in [-0.2, -0.15) is 14.0 Å². The number of alkyl halides is 2. The first-order chi connectivity index (χ1) is 14.8. The molecule has 0 radical (unpaired) electrons. The summed E-state index contributed by atoms with van der Waals surface area (Å²) in [5, 5.41) is 11.7. The number of carbonyl (C=O) groups is 1. The largest absolute Gasteiger partial charge is 0.354 e. The van der Waals surface area contributed by atoms with E-state index in [0.29, 0.717) is 37.6 Å². The van der Waals surface area contributed by atoms with Crippen molar-refractivity contribution < 1.29 is 22.0 Å². The zero-order valence-corrected chi connectivity index (χ0v) is 17.4. The molecule has 1 amide bonds. The van der Waals surface area contributed by atoms with Gasteiger partial charge in [-0.1, -0.05) is 12.1 Å². The van der Waals surface area contributed by atoms with Gasteiger partial charge in [0.15, 0.2) is 0 Å². The van der Waals surface area contributed by atoms with Crippen molar-refractivity contribution in [2.45, 2.75) is 17.1 Å². The van der Waals surface area contributed by atoms with Gasteiger partial charge in [-0.15, -0.1) is 0 Å². The van der Waals surface area contributed by atoms with Crippen LogP contribution in [-0.4, -0.2) is 62.7 Å². The number of aromatic nitrogens is 1. The molecule has 0 spiro atoms. The molecule has 31 heavy (non-hydrogen) atoms. The average Bonchev–Trinajstić information content (AvgIpc) is 2.99. The predicted molar refractivity (Wildman–Crippen MR) is 110 cm³/mol. The molecule has 8 nitrogen and oxygen atoms in total. The molecule has 164 valence electrons. The lowest BCUT2D eigenvalue weighted by Gasteiger charge is -2.23. The second kappa shape index (κ2) is 9.80. The fraction of sp³-hybridized carbons (Fsp3) is 0.350. The lowest BCUT2D eigenvalue weighted by Crippen LogP contribution is -2.36. The van der Waals surface area contributed by atoms with Gasteiger partial charge in [-0.3, -0.25) is 9.69 Å². The van der Waals surface area contributed by atoms with Gasteiger partial charge in [0.05, 0.1) is 22.7 Å². The molecule has 1 saturated heterocycles. The fourth-order valence-electron chi connectivity index (χ4n) is 3.38. The summed E-state index contributed by atoms with van der Waals surface area (Å²) in [6.07, 6.45) is 2.35. The third-order valence-electron chi connectivity index (χ3n) is 4.86. The first-order valence-electron chi connectivity index (χ1n) is 9.56. The molecule has 1 aliphatic rings. The van der Waals surface area contributed by atoms with E-state index in [2.05, 4.69) is 16.4 Å². The first-order valence-corrected chi connectivity index (χ1v) is 11.1. The Morgan fingerprint density at radius 1 is 1.16 bits per heavy atom. The third-order valence-corrected chi connectivity index (χ3v) is 6.30. The van der Waals surface area contributed by atoms with E-state index >= 15 is 0 Å². The molecule has 11 heteroatoms. The molecule has 2 aromatic rings. The number of hydrogen-bond donors (Lipinski definition) is 1. The minimum atomic E-state index is -4.84. The summed E-state index contributed by atoms with van der Waals surface area (Å²) in [5.74, 6) is -3.48. The first kappa shape index (κ1) is 22.6. The normalized spacial score (nSPS) is 15.4. The molecule has 0 unspecified atom stereocenters. The number of rotatable bonds is 6. The van der Waals surface area contributed by atoms with Crippen LogP contribution in [0, 0.1) is 11.3 Å². The molecule has 0 bridgehead atoms. The van der Waals surface area contributed by atoms with Crippen molar-refractivity contribution in [2.24, 2.45) is 0 Å². The van der Waals surface area contributed by atoms with Gasteiger partial charge >= 0.3 is 5.76 Å². The third kappa shape index (κ3) is 5.34. The molecule has 1 aromatic carbocycles. The minimum absolute atomic E-state index is 0.0236. The maximum Gasteiger partial charge on any atom is 0.341 e. The Morgan fingerprint density at radius 2 is 1.94 bits per heavy atom. The second-order valence-corrected chi connectivity index (χ2v) is 8.84. The number of pyridine rings is 1. The summed E-state index contributed by atoms with van der Waals surface area (Å²) in [6.45, 7) is 2.32. The minimum Gasteiger partial charge on any atom is -0.354 e. The van der Waals surface area contributed by atoms with Crippen molar-refractivity contribution in [1.82, 2.24) is 9.88 Å². The molecule has 1 aromatic heterocycles. The Morgan fingerprint density at radius 3 is 2.68 bits per heavy atom. The van der Waals surface area contributed by atoms with Gasteiger partial charge in [0.25, 0.3) is 0 Å². The number of anilines is 2. The molecule has 2 heterocycles. The molecule has 0 aliphatic carbocycles. The van der Waals surface area contributed by atoms with Crippen LogP contribution in [0.25, 0.3) is 0 Å². The molecular formula is C20H21F2N5O3S. The summed E-state index contributed by atoms with van der Waals surface area (Å²) < 4.78 is 49.5. The van der Waals surface area contributed by atoms with Crippen molar-refractivity contribution in [2.75, 3.05) is 42.9 Å². The number of nitrogens with zero attached hydrogens (tertiary/aromatic N) is 4. The van der Waals surface area contributed by atoms with Crippen LogP contribution in [0.4, 0.5) is 20.3 Å². The number of nitriles is 1. The van der Waals surface area contributed by atoms with E-state index in [1.807, 2.05) is 9.80 Å². The van der Waals surface area contributed by atoms with E-state index in [4.69, 9.17) is 0 Å². The second-order valence-electron chi connectivity index (χ2n) is 6.95. The Bertz CT molecular complexity index is 1090. The molecule has 0 saturated carbocycles. The molecule has 1 N–H and O–H groups in total. The number of nitrogens with one attached hydrogen (secondary N) is 1. The van der Waals surface area contributed by atoms with E-state index in [1.165, 1.54) is 18.2 Å². The number of carbonyl (C=O) groups excluding carboxylic acids is 1. The number of amides is 1. The summed E-state index contributed by atoms with van der Waals surface area (Å²) >= 11 is 0. The van der Waals surface area contributed by atoms with Crippen LogP contribution in [-0.2, 0) is 14.6 Å². The average molecular weight is 449 g/mol. The van der Waals surface area contributed by atoms with Gasteiger partial charge in [0, 0.05) is 32.4 Å². The van der Waals surface area contributed by atoms with Gasteiger partial charge < -0.3 is 10.2 Å². The van der Waals surface area contributed by atoms with Gasteiger partial charge in [-0.05, 0) is 30.7 Å². The van der Waals surface area contributed by atoms with Crippen LogP contribution >= 0.6 is 0 Å². The van der Waals surface area contributed by atoms with E-state index in [9.17, 15) is 27.3 Å². The molecule has 1 aliphatic heterocycles. The van der Waals surface area contributed by atoms with Crippen LogP contribution in [0.3, 0.4) is 0 Å². The molecule has 3 rings (SSSR count). The smallest absolute Gasteiger partial charge is 0.341 e.